The highest BCUT2D eigenvalue weighted by molar-refractivity contribution is 5.90. The van der Waals surface area contributed by atoms with Gasteiger partial charge in [-0.25, -0.2) is 0 Å². The third-order valence-electron chi connectivity index (χ3n) is 3.38. The number of terminal acetylenes is 1. The van der Waals surface area contributed by atoms with Gasteiger partial charge in [-0.1, -0.05) is 24.1 Å². The summed E-state index contributed by atoms with van der Waals surface area (Å²) in [6, 6.07) is 13.2. The Hall–Kier alpha value is -3.77. The standard InChI is InChI=1S/C20H16N2O4/c1-3-10-26-19-9-8-15(12-20(19)25-4-2)11-17(14-21)16-6-5-7-18(13-16)22(23)24/h1,5-9,11-13H,4,10H2,2H3/b17-11-. The summed E-state index contributed by atoms with van der Waals surface area (Å²) >= 11 is 0. The summed E-state index contributed by atoms with van der Waals surface area (Å²) in [6.07, 6.45) is 6.83. The van der Waals surface area contributed by atoms with Crippen molar-refractivity contribution in [3.05, 3.63) is 63.7 Å². The lowest BCUT2D eigenvalue weighted by Gasteiger charge is -2.11. The van der Waals surface area contributed by atoms with E-state index >= 15 is 0 Å². The summed E-state index contributed by atoms with van der Waals surface area (Å²) in [5, 5.41) is 20.4. The Morgan fingerprint density at radius 3 is 2.73 bits per heavy atom. The minimum atomic E-state index is -0.497. The van der Waals surface area contributed by atoms with Gasteiger partial charge in [-0.15, -0.1) is 6.42 Å². The average molecular weight is 348 g/mol. The molecule has 0 unspecified atom stereocenters. The highest BCUT2D eigenvalue weighted by atomic mass is 16.6. The Balaban J connectivity index is 2.41. The van der Waals surface area contributed by atoms with Crippen LogP contribution in [0.3, 0.4) is 0 Å². The lowest BCUT2D eigenvalue weighted by Crippen LogP contribution is -1.99. The molecule has 130 valence electrons. The molecule has 0 heterocycles. The maximum Gasteiger partial charge on any atom is 0.270 e. The summed E-state index contributed by atoms with van der Waals surface area (Å²) in [5.74, 6) is 3.41. The molecule has 0 spiro atoms. The molecule has 0 aliphatic rings. The maximum atomic E-state index is 10.9. The fourth-order valence-electron chi connectivity index (χ4n) is 2.26. The molecule has 0 radical (unpaired) electrons. The number of rotatable bonds is 7. The van der Waals surface area contributed by atoms with E-state index < -0.39 is 4.92 Å². The Labute approximate surface area is 151 Å². The molecule has 0 fully saturated rings. The summed E-state index contributed by atoms with van der Waals surface area (Å²) in [5.41, 5.74) is 1.39. The van der Waals surface area contributed by atoms with E-state index in [1.807, 2.05) is 6.92 Å². The van der Waals surface area contributed by atoms with Gasteiger partial charge in [0.05, 0.1) is 23.2 Å². The number of allylic oxidation sites excluding steroid dienone is 1. The van der Waals surface area contributed by atoms with Gasteiger partial charge in [0.25, 0.3) is 5.69 Å². The van der Waals surface area contributed by atoms with Crippen molar-refractivity contribution in [2.75, 3.05) is 13.2 Å². The van der Waals surface area contributed by atoms with Crippen molar-refractivity contribution in [2.24, 2.45) is 0 Å². The molecule has 0 saturated carbocycles. The van der Waals surface area contributed by atoms with Crippen molar-refractivity contribution in [3.63, 3.8) is 0 Å². The van der Waals surface area contributed by atoms with E-state index in [0.717, 1.165) is 0 Å². The van der Waals surface area contributed by atoms with E-state index in [-0.39, 0.29) is 12.3 Å². The number of benzene rings is 2. The third kappa shape index (κ3) is 4.62. The number of non-ortho nitro benzene ring substituents is 1. The van der Waals surface area contributed by atoms with E-state index in [4.69, 9.17) is 15.9 Å². The van der Waals surface area contributed by atoms with Crippen LogP contribution in [0.25, 0.3) is 11.6 Å². The van der Waals surface area contributed by atoms with Crippen molar-refractivity contribution in [2.45, 2.75) is 6.92 Å². The Morgan fingerprint density at radius 2 is 2.08 bits per heavy atom. The van der Waals surface area contributed by atoms with Crippen LogP contribution in [0.5, 0.6) is 11.5 Å². The molecule has 6 heteroatoms. The Kier molecular flexibility index (Phi) is 6.36. The molecule has 0 aromatic heterocycles. The minimum Gasteiger partial charge on any atom is -0.490 e. The summed E-state index contributed by atoms with van der Waals surface area (Å²) in [6.45, 7) is 2.40. The number of nitrogens with zero attached hydrogens (tertiary/aromatic N) is 2. The molecule has 0 amide bonds. The summed E-state index contributed by atoms with van der Waals surface area (Å²) in [7, 11) is 0. The third-order valence-corrected chi connectivity index (χ3v) is 3.38. The Morgan fingerprint density at radius 1 is 1.27 bits per heavy atom. The van der Waals surface area contributed by atoms with Crippen molar-refractivity contribution in [1.82, 2.24) is 0 Å². The summed E-state index contributed by atoms with van der Waals surface area (Å²) < 4.78 is 11.0. The molecule has 26 heavy (non-hydrogen) atoms. The van der Waals surface area contributed by atoms with Crippen LogP contribution in [0.1, 0.15) is 18.1 Å². The van der Waals surface area contributed by atoms with Gasteiger partial charge in [-0.2, -0.15) is 5.26 Å². The normalized spacial score (nSPS) is 10.5. The molecule has 0 aliphatic heterocycles. The van der Waals surface area contributed by atoms with Gasteiger partial charge in [-0.3, -0.25) is 10.1 Å². The molecular weight excluding hydrogens is 332 g/mol. The van der Waals surface area contributed by atoms with Gasteiger partial charge in [-0.05, 0) is 36.3 Å². The number of ether oxygens (including phenoxy) is 2. The molecule has 0 aliphatic carbocycles. The first-order valence-corrected chi connectivity index (χ1v) is 7.78. The minimum absolute atomic E-state index is 0.0725. The molecule has 6 nitrogen and oxygen atoms in total. The SMILES string of the molecule is C#CCOc1ccc(/C=C(/C#N)c2cccc([N+](=O)[O-])c2)cc1OCC. The van der Waals surface area contributed by atoms with Gasteiger partial charge in [0.2, 0.25) is 0 Å². The second-order valence-electron chi connectivity index (χ2n) is 5.11. The predicted molar refractivity (Wildman–Crippen MR) is 98.5 cm³/mol. The van der Waals surface area contributed by atoms with Crippen LogP contribution in [-0.4, -0.2) is 18.1 Å². The second kappa shape index (κ2) is 8.91. The fraction of sp³-hybridized carbons (Fsp3) is 0.150. The number of nitro benzene ring substituents is 1. The van der Waals surface area contributed by atoms with Crippen LogP contribution in [0, 0.1) is 33.8 Å². The van der Waals surface area contributed by atoms with Gasteiger partial charge < -0.3 is 9.47 Å². The second-order valence-corrected chi connectivity index (χ2v) is 5.11. The van der Waals surface area contributed by atoms with Crippen LogP contribution in [0.4, 0.5) is 5.69 Å². The van der Waals surface area contributed by atoms with E-state index in [0.29, 0.717) is 34.8 Å². The predicted octanol–water partition coefficient (Wildman–Crippen LogP) is 4.07. The monoisotopic (exact) mass is 348 g/mol. The maximum absolute atomic E-state index is 10.9. The van der Waals surface area contributed by atoms with Crippen LogP contribution >= 0.6 is 0 Å². The lowest BCUT2D eigenvalue weighted by atomic mass is 10.0. The number of nitro groups is 1. The van der Waals surface area contributed by atoms with Crippen LogP contribution < -0.4 is 9.47 Å². The van der Waals surface area contributed by atoms with Crippen LogP contribution in [0.15, 0.2) is 42.5 Å². The molecule has 2 rings (SSSR count). The smallest absolute Gasteiger partial charge is 0.270 e. The number of hydrogen-bond donors (Lipinski definition) is 0. The van der Waals surface area contributed by atoms with E-state index in [2.05, 4.69) is 12.0 Å². The lowest BCUT2D eigenvalue weighted by molar-refractivity contribution is -0.384. The summed E-state index contributed by atoms with van der Waals surface area (Å²) in [4.78, 5) is 10.4. The molecule has 0 atom stereocenters. The zero-order chi connectivity index (χ0) is 18.9. The molecule has 2 aromatic rings. The first-order chi connectivity index (χ1) is 12.6. The highest BCUT2D eigenvalue weighted by Gasteiger charge is 2.10. The number of hydrogen-bond acceptors (Lipinski definition) is 5. The van der Waals surface area contributed by atoms with Crippen molar-refractivity contribution < 1.29 is 14.4 Å². The largest absolute Gasteiger partial charge is 0.490 e. The van der Waals surface area contributed by atoms with Gasteiger partial charge in [0, 0.05) is 12.1 Å². The zero-order valence-corrected chi connectivity index (χ0v) is 14.1. The van der Waals surface area contributed by atoms with Crippen molar-refractivity contribution in [1.29, 1.82) is 5.26 Å². The average Bonchev–Trinajstić information content (AvgIpc) is 2.65. The molecule has 0 saturated heterocycles. The first-order valence-electron chi connectivity index (χ1n) is 7.78. The van der Waals surface area contributed by atoms with E-state index in [9.17, 15) is 15.4 Å². The van der Waals surface area contributed by atoms with E-state index in [1.54, 1.807) is 36.4 Å². The Bertz CT molecular complexity index is 920. The quantitative estimate of drug-likeness (QED) is 0.247. The number of nitriles is 1. The van der Waals surface area contributed by atoms with Gasteiger partial charge in [0.15, 0.2) is 11.5 Å². The van der Waals surface area contributed by atoms with Crippen LogP contribution in [-0.2, 0) is 0 Å². The van der Waals surface area contributed by atoms with Crippen molar-refractivity contribution >= 4 is 17.3 Å². The molecule has 2 aromatic carbocycles. The van der Waals surface area contributed by atoms with Crippen LogP contribution in [0.2, 0.25) is 0 Å². The van der Waals surface area contributed by atoms with Crippen molar-refractivity contribution in [3.8, 4) is 29.9 Å². The van der Waals surface area contributed by atoms with Gasteiger partial charge >= 0.3 is 0 Å². The molecule has 0 N–H and O–H groups in total. The first kappa shape index (κ1) is 18.6. The highest BCUT2D eigenvalue weighted by Crippen LogP contribution is 2.30. The molecular formula is C20H16N2O4. The molecule has 0 bridgehead atoms. The van der Waals surface area contributed by atoms with Gasteiger partial charge in [0.1, 0.15) is 6.61 Å². The zero-order valence-electron chi connectivity index (χ0n) is 14.1. The topological polar surface area (TPSA) is 85.4 Å². The van der Waals surface area contributed by atoms with E-state index in [1.165, 1.54) is 12.1 Å². The fourth-order valence-corrected chi connectivity index (χ4v) is 2.26.